The molecule has 124 valence electrons. The molecule has 1 heterocycles. The smallest absolute Gasteiger partial charge is 0.229 e. The van der Waals surface area contributed by atoms with E-state index in [9.17, 15) is 9.59 Å². The number of rotatable bonds is 4. The van der Waals surface area contributed by atoms with Crippen LogP contribution in [0, 0.1) is 5.92 Å². The summed E-state index contributed by atoms with van der Waals surface area (Å²) < 4.78 is 0.957. The highest BCUT2D eigenvalue weighted by Gasteiger charge is 2.35. The first-order valence-electron chi connectivity index (χ1n) is 8.02. The maximum atomic E-state index is 12.4. The van der Waals surface area contributed by atoms with Crippen LogP contribution in [0.3, 0.4) is 0 Å². The quantitative estimate of drug-likeness (QED) is 0.862. The van der Waals surface area contributed by atoms with E-state index in [0.29, 0.717) is 6.54 Å². The monoisotopic (exact) mass is 386 g/mol. The zero-order chi connectivity index (χ0) is 17.1. The molecule has 0 unspecified atom stereocenters. The van der Waals surface area contributed by atoms with Gasteiger partial charge in [-0.25, -0.2) is 0 Å². The van der Waals surface area contributed by atoms with Crippen molar-refractivity contribution in [2.75, 3.05) is 16.8 Å². The molecule has 0 spiro atoms. The molecule has 5 heteroatoms. The fraction of sp³-hybridized carbons (Fsp3) is 0.263. The number of hydrogen-bond donors (Lipinski definition) is 1. The van der Waals surface area contributed by atoms with E-state index >= 15 is 0 Å². The maximum absolute atomic E-state index is 12.4. The first-order valence-corrected chi connectivity index (χ1v) is 8.82. The number of amides is 2. The molecule has 1 N–H and O–H groups in total. The second-order valence-corrected chi connectivity index (χ2v) is 6.84. The van der Waals surface area contributed by atoms with Crippen LogP contribution in [0.15, 0.2) is 53.0 Å². The van der Waals surface area contributed by atoms with E-state index in [1.807, 2.05) is 48.5 Å². The molecule has 2 amide bonds. The summed E-state index contributed by atoms with van der Waals surface area (Å²) in [6, 6.07) is 15.4. The fourth-order valence-electron chi connectivity index (χ4n) is 2.82. The molecule has 0 saturated carbocycles. The molecule has 1 fully saturated rings. The Hall–Kier alpha value is -2.14. The normalized spacial score (nSPS) is 17.2. The van der Waals surface area contributed by atoms with Crippen LogP contribution >= 0.6 is 15.9 Å². The zero-order valence-corrected chi connectivity index (χ0v) is 15.0. The summed E-state index contributed by atoms with van der Waals surface area (Å²) in [6.07, 6.45) is 1.21. The lowest BCUT2D eigenvalue weighted by molar-refractivity contribution is -0.122. The highest BCUT2D eigenvalue weighted by molar-refractivity contribution is 9.10. The van der Waals surface area contributed by atoms with Gasteiger partial charge in [-0.1, -0.05) is 35.0 Å². The standard InChI is InChI=1S/C19H19BrN2O2/c1-2-13-3-9-17(10-4-13)22-12-14(11-18(22)23)19(24)21-16-7-5-15(20)6-8-16/h3-10,14H,2,11-12H2,1H3,(H,21,24)/t14-/m0/s1. The van der Waals surface area contributed by atoms with Gasteiger partial charge in [0.2, 0.25) is 11.8 Å². The third-order valence-electron chi connectivity index (χ3n) is 4.26. The molecule has 1 atom stereocenters. The molecule has 1 aliphatic rings. The van der Waals surface area contributed by atoms with Gasteiger partial charge in [-0.05, 0) is 48.4 Å². The third kappa shape index (κ3) is 3.67. The second-order valence-electron chi connectivity index (χ2n) is 5.92. The predicted octanol–water partition coefficient (Wildman–Crippen LogP) is 4.00. The molecule has 3 rings (SSSR count). The Balaban J connectivity index is 1.67. The predicted molar refractivity (Wildman–Crippen MR) is 99.1 cm³/mol. The minimum atomic E-state index is -0.327. The lowest BCUT2D eigenvalue weighted by atomic mass is 10.1. The summed E-state index contributed by atoms with van der Waals surface area (Å²) in [7, 11) is 0. The Labute approximate surface area is 150 Å². The number of halogens is 1. The van der Waals surface area contributed by atoms with E-state index in [2.05, 4.69) is 28.2 Å². The van der Waals surface area contributed by atoms with Gasteiger partial charge in [0.15, 0.2) is 0 Å². The molecule has 0 bridgehead atoms. The lowest BCUT2D eigenvalue weighted by Gasteiger charge is -2.17. The molecular formula is C19H19BrN2O2. The number of carbonyl (C=O) groups excluding carboxylic acids is 2. The van der Waals surface area contributed by atoms with Crippen molar-refractivity contribution < 1.29 is 9.59 Å². The van der Waals surface area contributed by atoms with Gasteiger partial charge in [0.25, 0.3) is 0 Å². The van der Waals surface area contributed by atoms with E-state index < -0.39 is 0 Å². The molecule has 0 radical (unpaired) electrons. The average Bonchev–Trinajstić information content (AvgIpc) is 2.99. The number of benzene rings is 2. The van der Waals surface area contributed by atoms with Crippen molar-refractivity contribution in [2.45, 2.75) is 19.8 Å². The van der Waals surface area contributed by atoms with Crippen LogP contribution in [0.5, 0.6) is 0 Å². The van der Waals surface area contributed by atoms with Gasteiger partial charge < -0.3 is 10.2 Å². The average molecular weight is 387 g/mol. The number of aryl methyl sites for hydroxylation is 1. The van der Waals surface area contributed by atoms with Crippen LogP contribution in [0.1, 0.15) is 18.9 Å². The van der Waals surface area contributed by atoms with Crippen LogP contribution in [-0.2, 0) is 16.0 Å². The zero-order valence-electron chi connectivity index (χ0n) is 13.5. The number of hydrogen-bond acceptors (Lipinski definition) is 2. The van der Waals surface area contributed by atoms with Gasteiger partial charge in [0.1, 0.15) is 0 Å². The molecular weight excluding hydrogens is 368 g/mol. The summed E-state index contributed by atoms with van der Waals surface area (Å²) in [4.78, 5) is 26.4. The van der Waals surface area contributed by atoms with Crippen molar-refractivity contribution in [2.24, 2.45) is 5.92 Å². The summed E-state index contributed by atoms with van der Waals surface area (Å²) in [6.45, 7) is 2.52. The summed E-state index contributed by atoms with van der Waals surface area (Å²) in [5.41, 5.74) is 2.83. The van der Waals surface area contributed by atoms with Gasteiger partial charge in [0.05, 0.1) is 5.92 Å². The topological polar surface area (TPSA) is 49.4 Å². The Morgan fingerprint density at radius 2 is 1.83 bits per heavy atom. The highest BCUT2D eigenvalue weighted by atomic mass is 79.9. The molecule has 2 aromatic rings. The Kier molecular flexibility index (Phi) is 5.00. The number of anilines is 2. The number of carbonyl (C=O) groups is 2. The van der Waals surface area contributed by atoms with Gasteiger partial charge in [0, 0.05) is 28.8 Å². The van der Waals surface area contributed by atoms with Gasteiger partial charge >= 0.3 is 0 Å². The fourth-order valence-corrected chi connectivity index (χ4v) is 3.09. The van der Waals surface area contributed by atoms with Crippen molar-refractivity contribution in [1.82, 2.24) is 0 Å². The van der Waals surface area contributed by atoms with Crippen LogP contribution in [0.25, 0.3) is 0 Å². The first-order chi connectivity index (χ1) is 11.6. The Morgan fingerprint density at radius 1 is 1.17 bits per heavy atom. The van der Waals surface area contributed by atoms with Gasteiger partial charge in [-0.2, -0.15) is 0 Å². The molecule has 24 heavy (non-hydrogen) atoms. The summed E-state index contributed by atoms with van der Waals surface area (Å²) in [5, 5.41) is 2.88. The minimum Gasteiger partial charge on any atom is -0.326 e. The molecule has 1 aliphatic heterocycles. The second kappa shape index (κ2) is 7.18. The Bertz CT molecular complexity index is 741. The van der Waals surface area contributed by atoms with Crippen molar-refractivity contribution in [3.8, 4) is 0 Å². The minimum absolute atomic E-state index is 0.00444. The molecule has 0 aromatic heterocycles. The van der Waals surface area contributed by atoms with E-state index in [1.165, 1.54) is 5.56 Å². The summed E-state index contributed by atoms with van der Waals surface area (Å²) in [5.74, 6) is -0.444. The van der Waals surface area contributed by atoms with Crippen LogP contribution in [0.4, 0.5) is 11.4 Å². The van der Waals surface area contributed by atoms with E-state index in [-0.39, 0.29) is 24.2 Å². The molecule has 0 aliphatic carbocycles. The van der Waals surface area contributed by atoms with Crippen LogP contribution in [0.2, 0.25) is 0 Å². The molecule has 1 saturated heterocycles. The Morgan fingerprint density at radius 3 is 2.46 bits per heavy atom. The SMILES string of the molecule is CCc1ccc(N2C[C@@H](C(=O)Nc3ccc(Br)cc3)CC2=O)cc1. The largest absolute Gasteiger partial charge is 0.326 e. The van der Waals surface area contributed by atoms with E-state index in [1.54, 1.807) is 4.90 Å². The first kappa shape index (κ1) is 16.7. The third-order valence-corrected chi connectivity index (χ3v) is 4.79. The van der Waals surface area contributed by atoms with Crippen LogP contribution in [-0.4, -0.2) is 18.4 Å². The maximum Gasteiger partial charge on any atom is 0.229 e. The van der Waals surface area contributed by atoms with Gasteiger partial charge in [-0.15, -0.1) is 0 Å². The van der Waals surface area contributed by atoms with Crippen molar-refractivity contribution in [3.63, 3.8) is 0 Å². The number of nitrogens with one attached hydrogen (secondary N) is 1. The van der Waals surface area contributed by atoms with Gasteiger partial charge in [-0.3, -0.25) is 9.59 Å². The molecule has 4 nitrogen and oxygen atoms in total. The highest BCUT2D eigenvalue weighted by Crippen LogP contribution is 2.26. The van der Waals surface area contributed by atoms with E-state index in [0.717, 1.165) is 22.3 Å². The molecule has 2 aromatic carbocycles. The van der Waals surface area contributed by atoms with E-state index in [4.69, 9.17) is 0 Å². The van der Waals surface area contributed by atoms with Crippen molar-refractivity contribution >= 4 is 39.1 Å². The van der Waals surface area contributed by atoms with Crippen LogP contribution < -0.4 is 10.2 Å². The van der Waals surface area contributed by atoms with Crippen molar-refractivity contribution in [3.05, 3.63) is 58.6 Å². The lowest BCUT2D eigenvalue weighted by Crippen LogP contribution is -2.28. The number of nitrogens with zero attached hydrogens (tertiary/aromatic N) is 1. The van der Waals surface area contributed by atoms with Crippen molar-refractivity contribution in [1.29, 1.82) is 0 Å². The summed E-state index contributed by atoms with van der Waals surface area (Å²) >= 11 is 3.37.